The van der Waals surface area contributed by atoms with Gasteiger partial charge in [-0.2, -0.15) is 0 Å². The number of hydrogen-bond acceptors (Lipinski definition) is 4. The normalized spacial score (nSPS) is 10.1. The second-order valence-electron chi connectivity index (χ2n) is 6.94. The molecule has 0 bridgehead atoms. The van der Waals surface area contributed by atoms with Gasteiger partial charge in [-0.1, -0.05) is 86.6 Å². The summed E-state index contributed by atoms with van der Waals surface area (Å²) >= 11 is 37.3. The molecular formula is C24H19BrCl6N4. The van der Waals surface area contributed by atoms with Gasteiger partial charge in [0.15, 0.2) is 0 Å². The monoisotopic (exact) mass is 652 g/mol. The zero-order valence-corrected chi connectivity index (χ0v) is 24.5. The van der Waals surface area contributed by atoms with Gasteiger partial charge in [0, 0.05) is 26.8 Å². The van der Waals surface area contributed by atoms with Gasteiger partial charge in [0.05, 0.1) is 0 Å². The maximum atomic E-state index is 5.81. The fraction of sp³-hybridized carbons (Fsp3) is 0.167. The topological polar surface area (TPSA) is 51.6 Å². The summed E-state index contributed by atoms with van der Waals surface area (Å²) in [7, 11) is 0. The largest absolute Gasteiger partial charge is 0.224 e. The predicted molar refractivity (Wildman–Crippen MR) is 152 cm³/mol. The average Bonchev–Trinajstić information content (AvgIpc) is 2.79. The second kappa shape index (κ2) is 15.8. The van der Waals surface area contributed by atoms with Gasteiger partial charge in [-0.3, -0.25) is 0 Å². The van der Waals surface area contributed by atoms with Crippen molar-refractivity contribution >= 4 is 85.5 Å². The lowest BCUT2D eigenvalue weighted by atomic mass is 10.1. The highest BCUT2D eigenvalue weighted by molar-refractivity contribution is 9.08. The highest BCUT2D eigenvalue weighted by atomic mass is 79.9. The Labute approximate surface area is 243 Å². The van der Waals surface area contributed by atoms with Gasteiger partial charge in [-0.15, -0.1) is 0 Å². The van der Waals surface area contributed by atoms with Crippen molar-refractivity contribution < 1.29 is 0 Å². The molecule has 0 fully saturated rings. The van der Waals surface area contributed by atoms with Crippen LogP contribution in [0.3, 0.4) is 0 Å². The van der Waals surface area contributed by atoms with E-state index in [-0.39, 0.29) is 10.6 Å². The fourth-order valence-corrected chi connectivity index (χ4v) is 4.13. The quantitative estimate of drug-likeness (QED) is 0.125. The van der Waals surface area contributed by atoms with Crippen LogP contribution in [0, 0.1) is 6.92 Å². The summed E-state index contributed by atoms with van der Waals surface area (Å²) in [4.78, 5) is 15.4. The van der Waals surface area contributed by atoms with Crippen molar-refractivity contribution in [1.82, 2.24) is 19.9 Å². The maximum absolute atomic E-state index is 5.81. The van der Waals surface area contributed by atoms with Gasteiger partial charge in [0.25, 0.3) is 0 Å². The Bertz CT molecular complexity index is 1140. The second-order valence-corrected chi connectivity index (χ2v) is 9.82. The Morgan fingerprint density at radius 3 is 1.54 bits per heavy atom. The third kappa shape index (κ3) is 12.6. The summed E-state index contributed by atoms with van der Waals surface area (Å²) in [6.45, 7) is 1.80. The van der Waals surface area contributed by atoms with Crippen molar-refractivity contribution in [1.29, 1.82) is 0 Å². The molecule has 2 aromatic carbocycles. The van der Waals surface area contributed by atoms with Crippen LogP contribution >= 0.6 is 85.5 Å². The Kier molecular flexibility index (Phi) is 13.6. The average molecular weight is 656 g/mol. The molecule has 2 heterocycles. The van der Waals surface area contributed by atoms with Crippen LogP contribution in [-0.2, 0) is 18.2 Å². The number of benzene rings is 2. The number of aryl methyl sites for hydroxylation is 3. The Hall–Kier alpha value is -1.18. The Balaban J connectivity index is 0.000000203. The first-order chi connectivity index (χ1) is 16.6. The van der Waals surface area contributed by atoms with Gasteiger partial charge >= 0.3 is 0 Å². The van der Waals surface area contributed by atoms with Crippen molar-refractivity contribution in [3.05, 3.63) is 114 Å². The minimum absolute atomic E-state index is 0.184. The maximum Gasteiger partial charge on any atom is 0.224 e. The fourth-order valence-electron chi connectivity index (χ4n) is 2.55. The molecule has 4 nitrogen and oxygen atoms in total. The molecule has 2 aromatic heterocycles. The molecule has 4 rings (SSSR count). The predicted octanol–water partition coefficient (Wildman–Crippen LogP) is 9.55. The van der Waals surface area contributed by atoms with E-state index in [2.05, 4.69) is 35.9 Å². The summed E-state index contributed by atoms with van der Waals surface area (Å²) in [5.41, 5.74) is 4.06. The lowest BCUT2D eigenvalue weighted by Crippen LogP contribution is -1.96. The van der Waals surface area contributed by atoms with E-state index < -0.39 is 0 Å². The molecule has 11 heteroatoms. The molecule has 0 saturated carbocycles. The number of alkyl halides is 1. The first-order valence-electron chi connectivity index (χ1n) is 10.0. The van der Waals surface area contributed by atoms with Crippen molar-refractivity contribution in [3.8, 4) is 0 Å². The lowest BCUT2D eigenvalue weighted by molar-refractivity contribution is 0.901. The summed E-state index contributed by atoms with van der Waals surface area (Å²) in [6.07, 6.45) is 1.63. The van der Waals surface area contributed by atoms with Gasteiger partial charge in [-0.05, 0) is 90.5 Å². The molecule has 0 unspecified atom stereocenters. The molecule has 0 atom stereocenters. The third-order valence-electron chi connectivity index (χ3n) is 4.17. The number of nitrogens with zero attached hydrogens (tertiary/aromatic N) is 4. The molecular weight excluding hydrogens is 637 g/mol. The molecule has 0 aliphatic heterocycles. The number of halogens is 7. The van der Waals surface area contributed by atoms with E-state index in [1.54, 1.807) is 19.1 Å². The van der Waals surface area contributed by atoms with E-state index in [1.807, 2.05) is 48.5 Å². The molecule has 0 saturated heterocycles. The van der Waals surface area contributed by atoms with E-state index in [9.17, 15) is 0 Å². The van der Waals surface area contributed by atoms with Crippen LogP contribution in [0.15, 0.2) is 60.7 Å². The highest BCUT2D eigenvalue weighted by Crippen LogP contribution is 2.15. The molecule has 35 heavy (non-hydrogen) atoms. The molecule has 0 N–H and O–H groups in total. The van der Waals surface area contributed by atoms with Crippen molar-refractivity contribution in [2.45, 2.75) is 25.1 Å². The smallest absolute Gasteiger partial charge is 0.223 e. The first kappa shape index (κ1) is 30.0. The SMILES string of the molecule is Cc1cc(Cl)nc(Cl)n1.Clc1ccc(CBr)cc1.Clc1ccc(CCc2cc(Cl)nc(Cl)n2)cc1. The lowest BCUT2D eigenvalue weighted by Gasteiger charge is -2.02. The minimum Gasteiger partial charge on any atom is -0.223 e. The minimum atomic E-state index is 0.184. The van der Waals surface area contributed by atoms with Crippen LogP contribution in [-0.4, -0.2) is 19.9 Å². The Morgan fingerprint density at radius 1 is 0.600 bits per heavy atom. The van der Waals surface area contributed by atoms with Crippen molar-refractivity contribution in [2.24, 2.45) is 0 Å². The molecule has 4 aromatic rings. The zero-order chi connectivity index (χ0) is 25.8. The highest BCUT2D eigenvalue weighted by Gasteiger charge is 2.02. The standard InChI is InChI=1S/C12H9Cl3N2.C7H6BrCl.C5H4Cl2N2/c13-9-4-1-8(2-5-9)3-6-10-7-11(14)17-12(15)16-10;8-5-6-1-3-7(9)4-2-6;1-3-2-4(6)9-5(7)8-3/h1-2,4-5,7H,3,6H2;1-4H,5H2;2H,1H3. The van der Waals surface area contributed by atoms with Crippen LogP contribution in [0.25, 0.3) is 0 Å². The van der Waals surface area contributed by atoms with E-state index in [4.69, 9.17) is 69.6 Å². The van der Waals surface area contributed by atoms with Crippen LogP contribution in [0.4, 0.5) is 0 Å². The molecule has 184 valence electrons. The molecule has 0 amide bonds. The molecule has 0 aliphatic rings. The van der Waals surface area contributed by atoms with E-state index in [1.165, 1.54) is 11.1 Å². The summed E-state index contributed by atoms with van der Waals surface area (Å²) in [6, 6.07) is 18.9. The summed E-state index contributed by atoms with van der Waals surface area (Å²) < 4.78 is 0. The van der Waals surface area contributed by atoms with Crippen LogP contribution < -0.4 is 0 Å². The zero-order valence-electron chi connectivity index (χ0n) is 18.3. The Morgan fingerprint density at radius 2 is 1.09 bits per heavy atom. The molecule has 0 radical (unpaired) electrons. The molecule has 0 spiro atoms. The number of aromatic nitrogens is 4. The first-order valence-corrected chi connectivity index (χ1v) is 13.4. The number of rotatable bonds is 4. The van der Waals surface area contributed by atoms with E-state index in [0.717, 1.165) is 39.6 Å². The third-order valence-corrected chi connectivity index (χ3v) is 6.04. The van der Waals surface area contributed by atoms with E-state index in [0.29, 0.717) is 10.3 Å². The van der Waals surface area contributed by atoms with E-state index >= 15 is 0 Å². The van der Waals surface area contributed by atoms with Crippen LogP contribution in [0.2, 0.25) is 30.9 Å². The van der Waals surface area contributed by atoms with Gasteiger partial charge in [0.1, 0.15) is 10.3 Å². The summed E-state index contributed by atoms with van der Waals surface area (Å²) in [5.74, 6) is 0. The van der Waals surface area contributed by atoms with Crippen molar-refractivity contribution in [2.75, 3.05) is 0 Å². The van der Waals surface area contributed by atoms with Gasteiger partial charge in [-0.25, -0.2) is 19.9 Å². The van der Waals surface area contributed by atoms with Crippen LogP contribution in [0.1, 0.15) is 22.5 Å². The van der Waals surface area contributed by atoms with Crippen LogP contribution in [0.5, 0.6) is 0 Å². The van der Waals surface area contributed by atoms with Crippen molar-refractivity contribution in [3.63, 3.8) is 0 Å². The van der Waals surface area contributed by atoms with Gasteiger partial charge < -0.3 is 0 Å². The summed E-state index contributed by atoms with van der Waals surface area (Å²) in [5, 5.41) is 3.55. The molecule has 0 aliphatic carbocycles. The number of hydrogen-bond donors (Lipinski definition) is 0. The van der Waals surface area contributed by atoms with Gasteiger partial charge in [0.2, 0.25) is 10.6 Å².